The van der Waals surface area contributed by atoms with Gasteiger partial charge in [0.15, 0.2) is 0 Å². The van der Waals surface area contributed by atoms with E-state index in [9.17, 15) is 5.26 Å². The zero-order chi connectivity index (χ0) is 18.4. The van der Waals surface area contributed by atoms with Crippen LogP contribution in [0.15, 0.2) is 0 Å². The molecule has 0 saturated heterocycles. The second kappa shape index (κ2) is 9.61. The molecule has 3 saturated carbocycles. The summed E-state index contributed by atoms with van der Waals surface area (Å²) in [5, 5.41) is 9.95. The Morgan fingerprint density at radius 2 is 1.58 bits per heavy atom. The summed E-state index contributed by atoms with van der Waals surface area (Å²) in [6, 6.07) is 2.82. The quantitative estimate of drug-likeness (QED) is 0.405. The fraction of sp³-hybridized carbons (Fsp3) is 0.960. The number of hydrogen-bond acceptors (Lipinski definition) is 1. The summed E-state index contributed by atoms with van der Waals surface area (Å²) in [5.41, 5.74) is 0.0422. The average Bonchev–Trinajstić information content (AvgIpc) is 2.68. The van der Waals surface area contributed by atoms with Gasteiger partial charge in [0.2, 0.25) is 0 Å². The van der Waals surface area contributed by atoms with Crippen LogP contribution in [0.5, 0.6) is 0 Å². The maximum Gasteiger partial charge on any atom is 0.0689 e. The smallest absolute Gasteiger partial charge is 0.0689 e. The number of hydrogen-bond donors (Lipinski definition) is 0. The molecule has 1 nitrogen and oxygen atoms in total. The Hall–Kier alpha value is -0.510. The van der Waals surface area contributed by atoms with Gasteiger partial charge < -0.3 is 0 Å². The summed E-state index contributed by atoms with van der Waals surface area (Å²) in [6.45, 7) is 4.60. The standard InChI is InChI=1S/C25H43N/c1-3-5-7-9-20-10-13-23-21(17-20)11-12-22-18-25(19-26,15-8-6-4-2)16-14-24(22)23/h20-24H,3-18H2,1-2H3/t20-,21?,22?,23?,24?,25+/m1/s1. The molecule has 3 aliphatic carbocycles. The predicted molar refractivity (Wildman–Crippen MR) is 111 cm³/mol. The van der Waals surface area contributed by atoms with Crippen molar-refractivity contribution in [3.05, 3.63) is 0 Å². The lowest BCUT2D eigenvalue weighted by molar-refractivity contribution is -0.0181. The first kappa shape index (κ1) is 20.2. The molecular weight excluding hydrogens is 314 g/mol. The van der Waals surface area contributed by atoms with Gasteiger partial charge in [0, 0.05) is 0 Å². The molecule has 0 aromatic heterocycles. The van der Waals surface area contributed by atoms with Crippen LogP contribution in [0.4, 0.5) is 0 Å². The highest BCUT2D eigenvalue weighted by Gasteiger charge is 2.48. The molecule has 3 rings (SSSR count). The maximum atomic E-state index is 9.95. The van der Waals surface area contributed by atoms with Crippen molar-refractivity contribution in [2.75, 3.05) is 0 Å². The minimum atomic E-state index is 0.0422. The van der Waals surface area contributed by atoms with E-state index in [1.807, 2.05) is 0 Å². The van der Waals surface area contributed by atoms with Gasteiger partial charge in [0.1, 0.15) is 0 Å². The molecule has 0 amide bonds. The molecule has 0 spiro atoms. The Balaban J connectivity index is 1.53. The second-order valence-corrected chi connectivity index (χ2v) is 10.2. The van der Waals surface area contributed by atoms with Crippen molar-refractivity contribution in [1.29, 1.82) is 5.26 Å². The van der Waals surface area contributed by atoms with Gasteiger partial charge in [-0.3, -0.25) is 0 Å². The largest absolute Gasteiger partial charge is 0.198 e. The summed E-state index contributed by atoms with van der Waals surface area (Å²) in [5.74, 6) is 4.94. The van der Waals surface area contributed by atoms with Crippen molar-refractivity contribution < 1.29 is 0 Å². The van der Waals surface area contributed by atoms with Gasteiger partial charge >= 0.3 is 0 Å². The lowest BCUT2D eigenvalue weighted by Crippen LogP contribution is -2.44. The van der Waals surface area contributed by atoms with Crippen LogP contribution in [0.3, 0.4) is 0 Å². The molecule has 0 radical (unpaired) electrons. The molecule has 0 bridgehead atoms. The van der Waals surface area contributed by atoms with Crippen molar-refractivity contribution in [3.8, 4) is 6.07 Å². The third kappa shape index (κ3) is 4.66. The molecule has 0 aromatic rings. The summed E-state index contributed by atoms with van der Waals surface area (Å²) in [6.07, 6.45) is 22.1. The molecule has 6 atom stereocenters. The number of unbranched alkanes of at least 4 members (excludes halogenated alkanes) is 4. The van der Waals surface area contributed by atoms with Crippen LogP contribution in [0.2, 0.25) is 0 Å². The fourth-order valence-electron chi connectivity index (χ4n) is 7.07. The van der Waals surface area contributed by atoms with Crippen LogP contribution in [0.25, 0.3) is 0 Å². The molecule has 3 fully saturated rings. The predicted octanol–water partition coefficient (Wildman–Crippen LogP) is 7.90. The van der Waals surface area contributed by atoms with Gasteiger partial charge in [0.05, 0.1) is 11.5 Å². The summed E-state index contributed by atoms with van der Waals surface area (Å²) in [4.78, 5) is 0. The Morgan fingerprint density at radius 1 is 0.846 bits per heavy atom. The fourth-order valence-corrected chi connectivity index (χ4v) is 7.07. The van der Waals surface area contributed by atoms with Crippen LogP contribution < -0.4 is 0 Å². The average molecular weight is 358 g/mol. The van der Waals surface area contributed by atoms with Crippen LogP contribution in [-0.4, -0.2) is 0 Å². The van der Waals surface area contributed by atoms with Crippen molar-refractivity contribution in [2.24, 2.45) is 35.0 Å². The van der Waals surface area contributed by atoms with Gasteiger partial charge in [-0.25, -0.2) is 0 Å². The SMILES string of the molecule is CCCCC[C@@H]1CCC2C(CCC3C[C@](C#N)(CCCCC)CCC32)C1. The molecule has 3 aliphatic rings. The van der Waals surface area contributed by atoms with Crippen LogP contribution >= 0.6 is 0 Å². The molecule has 26 heavy (non-hydrogen) atoms. The first-order chi connectivity index (χ1) is 12.7. The number of fused-ring (bicyclic) bond motifs is 3. The van der Waals surface area contributed by atoms with E-state index in [0.29, 0.717) is 0 Å². The summed E-state index contributed by atoms with van der Waals surface area (Å²) in [7, 11) is 0. The number of nitriles is 1. The lowest BCUT2D eigenvalue weighted by Gasteiger charge is -2.52. The van der Waals surface area contributed by atoms with E-state index in [2.05, 4.69) is 19.9 Å². The number of nitrogens with zero attached hydrogens (tertiary/aromatic N) is 1. The first-order valence-electron chi connectivity index (χ1n) is 12.1. The highest BCUT2D eigenvalue weighted by Crippen LogP contribution is 2.57. The molecule has 0 N–H and O–H groups in total. The van der Waals surface area contributed by atoms with Gasteiger partial charge in [-0.1, -0.05) is 65.2 Å². The van der Waals surface area contributed by atoms with Crippen LogP contribution in [0, 0.1) is 46.3 Å². The molecule has 0 aromatic carbocycles. The van der Waals surface area contributed by atoms with Crippen LogP contribution in [-0.2, 0) is 0 Å². The van der Waals surface area contributed by atoms with Crippen molar-refractivity contribution >= 4 is 0 Å². The first-order valence-corrected chi connectivity index (χ1v) is 12.1. The van der Waals surface area contributed by atoms with E-state index in [0.717, 1.165) is 29.6 Å². The second-order valence-electron chi connectivity index (χ2n) is 10.2. The third-order valence-corrected chi connectivity index (χ3v) is 8.53. The third-order valence-electron chi connectivity index (χ3n) is 8.53. The molecule has 0 heterocycles. The van der Waals surface area contributed by atoms with E-state index >= 15 is 0 Å². The normalized spacial score (nSPS) is 39.7. The highest BCUT2D eigenvalue weighted by atomic mass is 14.5. The van der Waals surface area contributed by atoms with Gasteiger partial charge in [-0.05, 0) is 81.0 Å². The van der Waals surface area contributed by atoms with Crippen molar-refractivity contribution in [1.82, 2.24) is 0 Å². The molecule has 0 aliphatic heterocycles. The van der Waals surface area contributed by atoms with Crippen molar-refractivity contribution in [3.63, 3.8) is 0 Å². The summed E-state index contributed by atoms with van der Waals surface area (Å²) < 4.78 is 0. The molecular formula is C25H43N. The lowest BCUT2D eigenvalue weighted by atomic mass is 9.52. The van der Waals surface area contributed by atoms with Gasteiger partial charge in [-0.15, -0.1) is 0 Å². The van der Waals surface area contributed by atoms with Crippen LogP contribution in [0.1, 0.15) is 117 Å². The zero-order valence-corrected chi connectivity index (χ0v) is 17.6. The molecule has 1 heteroatoms. The van der Waals surface area contributed by atoms with E-state index in [4.69, 9.17) is 0 Å². The summed E-state index contributed by atoms with van der Waals surface area (Å²) >= 11 is 0. The van der Waals surface area contributed by atoms with E-state index in [1.165, 1.54) is 103 Å². The topological polar surface area (TPSA) is 23.8 Å². The van der Waals surface area contributed by atoms with Crippen molar-refractivity contribution in [2.45, 2.75) is 117 Å². The monoisotopic (exact) mass is 357 g/mol. The minimum absolute atomic E-state index is 0.0422. The highest BCUT2D eigenvalue weighted by molar-refractivity contribution is 5.06. The maximum absolute atomic E-state index is 9.95. The van der Waals surface area contributed by atoms with E-state index < -0.39 is 0 Å². The number of rotatable bonds is 8. The van der Waals surface area contributed by atoms with E-state index in [-0.39, 0.29) is 5.41 Å². The molecule has 148 valence electrons. The Labute approximate surface area is 163 Å². The Kier molecular flexibility index (Phi) is 7.48. The Morgan fingerprint density at radius 3 is 2.35 bits per heavy atom. The van der Waals surface area contributed by atoms with Gasteiger partial charge in [-0.2, -0.15) is 5.26 Å². The van der Waals surface area contributed by atoms with Gasteiger partial charge in [0.25, 0.3) is 0 Å². The minimum Gasteiger partial charge on any atom is -0.198 e. The molecule has 4 unspecified atom stereocenters. The Bertz CT molecular complexity index is 463. The van der Waals surface area contributed by atoms with E-state index in [1.54, 1.807) is 0 Å². The zero-order valence-electron chi connectivity index (χ0n) is 17.6.